The molecule has 0 radical (unpaired) electrons. The molecular weight excluding hydrogens is 259 g/mol. The number of aromatic nitrogens is 1. The van der Waals surface area contributed by atoms with Crippen molar-refractivity contribution in [2.75, 3.05) is 13.1 Å². The highest BCUT2D eigenvalue weighted by Crippen LogP contribution is 2.21. The third-order valence-electron chi connectivity index (χ3n) is 3.28. The van der Waals surface area contributed by atoms with Gasteiger partial charge in [-0.05, 0) is 30.3 Å². The van der Waals surface area contributed by atoms with Crippen LogP contribution in [0.25, 0.3) is 10.9 Å². The molecule has 0 saturated carbocycles. The lowest BCUT2D eigenvalue weighted by Gasteiger charge is -2.20. The molecular formula is C15H17FN2O2. The number of hydrogen-bond donors (Lipinski definition) is 1. The third kappa shape index (κ3) is 3.30. The minimum Gasteiger partial charge on any atom is -0.481 e. The van der Waals surface area contributed by atoms with Gasteiger partial charge in [-0.25, -0.2) is 4.39 Å². The molecule has 0 aliphatic carbocycles. The summed E-state index contributed by atoms with van der Waals surface area (Å²) in [4.78, 5) is 16.9. The van der Waals surface area contributed by atoms with Gasteiger partial charge in [-0.2, -0.15) is 0 Å². The van der Waals surface area contributed by atoms with Crippen LogP contribution in [0.1, 0.15) is 18.9 Å². The highest BCUT2D eigenvalue weighted by Gasteiger charge is 2.11. The minimum atomic E-state index is -0.814. The number of fused-ring (bicyclic) bond motifs is 1. The first-order chi connectivity index (χ1) is 9.61. The molecule has 0 aliphatic rings. The molecule has 1 aromatic carbocycles. The van der Waals surface area contributed by atoms with Crippen LogP contribution in [-0.4, -0.2) is 34.0 Å². The van der Waals surface area contributed by atoms with Gasteiger partial charge in [0.2, 0.25) is 0 Å². The maximum Gasteiger partial charge on any atom is 0.304 e. The van der Waals surface area contributed by atoms with Crippen molar-refractivity contribution in [2.45, 2.75) is 19.9 Å². The zero-order valence-electron chi connectivity index (χ0n) is 11.3. The van der Waals surface area contributed by atoms with Gasteiger partial charge in [-0.1, -0.05) is 13.0 Å². The lowest BCUT2D eigenvalue weighted by Crippen LogP contribution is -2.25. The number of pyridine rings is 1. The number of hydrogen-bond acceptors (Lipinski definition) is 3. The summed E-state index contributed by atoms with van der Waals surface area (Å²) in [5.41, 5.74) is 1.55. The Kier molecular flexibility index (Phi) is 4.63. The lowest BCUT2D eigenvalue weighted by molar-refractivity contribution is -0.137. The van der Waals surface area contributed by atoms with Gasteiger partial charge in [-0.15, -0.1) is 0 Å². The summed E-state index contributed by atoms with van der Waals surface area (Å²) in [5, 5.41) is 9.24. The van der Waals surface area contributed by atoms with Crippen LogP contribution in [0.2, 0.25) is 0 Å². The number of rotatable bonds is 6. The summed E-state index contributed by atoms with van der Waals surface area (Å²) in [6, 6.07) is 6.56. The molecule has 1 heterocycles. The van der Waals surface area contributed by atoms with E-state index in [1.165, 1.54) is 6.07 Å². The fraction of sp³-hybridized carbons (Fsp3) is 0.333. The molecule has 1 N–H and O–H groups in total. The van der Waals surface area contributed by atoms with Gasteiger partial charge in [0.15, 0.2) is 0 Å². The lowest BCUT2D eigenvalue weighted by atomic mass is 10.1. The highest BCUT2D eigenvalue weighted by molar-refractivity contribution is 5.82. The number of carboxylic acid groups (broad SMARTS) is 1. The quantitative estimate of drug-likeness (QED) is 0.881. The van der Waals surface area contributed by atoms with Crippen LogP contribution in [0.5, 0.6) is 0 Å². The van der Waals surface area contributed by atoms with Gasteiger partial charge < -0.3 is 5.11 Å². The number of aliphatic carboxylic acids is 1. The Bertz CT molecular complexity index is 616. The van der Waals surface area contributed by atoms with Crippen molar-refractivity contribution < 1.29 is 14.3 Å². The topological polar surface area (TPSA) is 53.4 Å². The number of carbonyl (C=O) groups is 1. The first-order valence-electron chi connectivity index (χ1n) is 6.58. The SMILES string of the molecule is CCN(CCC(=O)O)Cc1ccc(F)c2cccnc12. The van der Waals surface area contributed by atoms with E-state index in [1.54, 1.807) is 24.4 Å². The zero-order chi connectivity index (χ0) is 14.5. The zero-order valence-corrected chi connectivity index (χ0v) is 11.3. The first kappa shape index (κ1) is 14.4. The van der Waals surface area contributed by atoms with E-state index < -0.39 is 5.97 Å². The molecule has 106 valence electrons. The van der Waals surface area contributed by atoms with E-state index in [0.29, 0.717) is 24.0 Å². The molecule has 2 rings (SSSR count). The Morgan fingerprint density at radius 3 is 2.90 bits per heavy atom. The van der Waals surface area contributed by atoms with Crippen molar-refractivity contribution in [3.05, 3.63) is 41.8 Å². The molecule has 0 saturated heterocycles. The van der Waals surface area contributed by atoms with E-state index in [4.69, 9.17) is 5.11 Å². The van der Waals surface area contributed by atoms with Crippen molar-refractivity contribution in [3.8, 4) is 0 Å². The molecule has 0 bridgehead atoms. The molecule has 4 nitrogen and oxygen atoms in total. The summed E-state index contributed by atoms with van der Waals surface area (Å²) in [5.74, 6) is -1.10. The number of nitrogens with zero attached hydrogens (tertiary/aromatic N) is 2. The van der Waals surface area contributed by atoms with Crippen LogP contribution in [0, 0.1) is 5.82 Å². The largest absolute Gasteiger partial charge is 0.481 e. The average molecular weight is 276 g/mol. The summed E-state index contributed by atoms with van der Waals surface area (Å²) in [6.45, 7) is 3.75. The molecule has 0 amide bonds. The van der Waals surface area contributed by atoms with Crippen LogP contribution in [-0.2, 0) is 11.3 Å². The highest BCUT2D eigenvalue weighted by atomic mass is 19.1. The van der Waals surface area contributed by atoms with Crippen LogP contribution in [0.4, 0.5) is 4.39 Å². The molecule has 0 atom stereocenters. The van der Waals surface area contributed by atoms with Gasteiger partial charge in [0.1, 0.15) is 5.82 Å². The normalized spacial score (nSPS) is 11.2. The second-order valence-electron chi connectivity index (χ2n) is 4.62. The summed E-state index contributed by atoms with van der Waals surface area (Å²) >= 11 is 0. The van der Waals surface area contributed by atoms with Crippen molar-refractivity contribution in [1.82, 2.24) is 9.88 Å². The number of benzene rings is 1. The van der Waals surface area contributed by atoms with Gasteiger partial charge >= 0.3 is 5.97 Å². The number of carboxylic acids is 1. The standard InChI is InChI=1S/C15H17FN2O2/c1-2-18(9-7-14(19)20)10-11-5-6-13(16)12-4-3-8-17-15(11)12/h3-6,8H,2,7,9-10H2,1H3,(H,19,20). The van der Waals surface area contributed by atoms with E-state index in [-0.39, 0.29) is 12.2 Å². The van der Waals surface area contributed by atoms with Crippen molar-refractivity contribution in [1.29, 1.82) is 0 Å². The van der Waals surface area contributed by atoms with Crippen molar-refractivity contribution in [3.63, 3.8) is 0 Å². The van der Waals surface area contributed by atoms with Gasteiger partial charge in [-0.3, -0.25) is 14.7 Å². The molecule has 20 heavy (non-hydrogen) atoms. The van der Waals surface area contributed by atoms with Gasteiger partial charge in [0, 0.05) is 24.7 Å². The molecule has 0 spiro atoms. The predicted molar refractivity (Wildman–Crippen MR) is 74.9 cm³/mol. The Labute approximate surface area is 116 Å². The van der Waals surface area contributed by atoms with E-state index in [2.05, 4.69) is 4.98 Å². The Morgan fingerprint density at radius 1 is 1.40 bits per heavy atom. The van der Waals surface area contributed by atoms with Crippen molar-refractivity contribution in [2.24, 2.45) is 0 Å². The van der Waals surface area contributed by atoms with Crippen molar-refractivity contribution >= 4 is 16.9 Å². The summed E-state index contributed by atoms with van der Waals surface area (Å²) < 4.78 is 13.7. The maximum absolute atomic E-state index is 13.7. The van der Waals surface area contributed by atoms with Crippen LogP contribution < -0.4 is 0 Å². The molecule has 0 fully saturated rings. The van der Waals surface area contributed by atoms with E-state index in [9.17, 15) is 9.18 Å². The van der Waals surface area contributed by atoms with Crippen LogP contribution in [0.15, 0.2) is 30.5 Å². The number of halogens is 1. The first-order valence-corrected chi connectivity index (χ1v) is 6.58. The average Bonchev–Trinajstić information content (AvgIpc) is 2.46. The van der Waals surface area contributed by atoms with E-state index in [1.807, 2.05) is 11.8 Å². The molecule has 0 aliphatic heterocycles. The second-order valence-corrected chi connectivity index (χ2v) is 4.62. The van der Waals surface area contributed by atoms with Gasteiger partial charge in [0.25, 0.3) is 0 Å². The smallest absolute Gasteiger partial charge is 0.304 e. The predicted octanol–water partition coefficient (Wildman–Crippen LogP) is 2.67. The van der Waals surface area contributed by atoms with Crippen LogP contribution >= 0.6 is 0 Å². The van der Waals surface area contributed by atoms with Crippen LogP contribution in [0.3, 0.4) is 0 Å². The molecule has 5 heteroatoms. The second kappa shape index (κ2) is 6.43. The minimum absolute atomic E-state index is 0.0976. The van der Waals surface area contributed by atoms with E-state index >= 15 is 0 Å². The molecule has 0 unspecified atom stereocenters. The fourth-order valence-corrected chi connectivity index (χ4v) is 2.17. The fourth-order valence-electron chi connectivity index (χ4n) is 2.17. The van der Waals surface area contributed by atoms with E-state index in [0.717, 1.165) is 12.1 Å². The Morgan fingerprint density at radius 2 is 2.20 bits per heavy atom. The Hall–Kier alpha value is -2.01. The molecule has 1 aromatic heterocycles. The summed E-state index contributed by atoms with van der Waals surface area (Å²) in [7, 11) is 0. The monoisotopic (exact) mass is 276 g/mol. The summed E-state index contributed by atoms with van der Waals surface area (Å²) in [6.07, 6.45) is 1.74. The molecule has 2 aromatic rings. The van der Waals surface area contributed by atoms with Gasteiger partial charge in [0.05, 0.1) is 11.9 Å². The third-order valence-corrected chi connectivity index (χ3v) is 3.28. The maximum atomic E-state index is 13.7. The Balaban J connectivity index is 2.24.